The Morgan fingerprint density at radius 3 is 1.55 bits per heavy atom. The number of rotatable bonds is 6. The Bertz CT molecular complexity index is 3990. The summed E-state index contributed by atoms with van der Waals surface area (Å²) in [5.41, 5.74) is 10.6. The number of fused-ring (bicyclic) bond motifs is 8. The average molecular weight is 827 g/mol. The molecule has 0 saturated carbocycles. The zero-order valence-corrected chi connectivity index (χ0v) is 35.2. The van der Waals surface area contributed by atoms with Crippen molar-refractivity contribution >= 4 is 64.9 Å². The fourth-order valence-electron chi connectivity index (χ4n) is 9.86. The summed E-state index contributed by atoms with van der Waals surface area (Å²) in [4.78, 5) is 16.1. The lowest BCUT2D eigenvalue weighted by molar-refractivity contribution is 1.08. The highest BCUT2D eigenvalue weighted by Gasteiger charge is 2.24. The molecule has 302 valence electrons. The van der Waals surface area contributed by atoms with Crippen molar-refractivity contribution in [1.82, 2.24) is 19.5 Å². The first kappa shape index (κ1) is 36.9. The van der Waals surface area contributed by atoms with E-state index < -0.39 is 0 Å². The topological polar surface area (TPSA) is 43.6 Å². The molecule has 0 aliphatic carbocycles. The monoisotopic (exact) mass is 826 g/mol. The molecule has 0 N–H and O–H groups in total. The van der Waals surface area contributed by atoms with Gasteiger partial charge in [-0.05, 0) is 84.9 Å². The molecule has 2 heterocycles. The third-order valence-electron chi connectivity index (χ3n) is 13.0. The summed E-state index contributed by atoms with van der Waals surface area (Å²) < 4.78 is 2.52. The highest BCUT2D eigenvalue weighted by Crippen LogP contribution is 2.46. The summed E-state index contributed by atoms with van der Waals surface area (Å²) in [6.45, 7) is 0. The fraction of sp³-hybridized carbons (Fsp3) is 0. The molecular weight excluding hydrogens is 789 g/mol. The fourth-order valence-corrected chi connectivity index (χ4v) is 9.86. The minimum absolute atomic E-state index is 0.612. The van der Waals surface area contributed by atoms with Crippen LogP contribution in [0.4, 0.5) is 0 Å². The van der Waals surface area contributed by atoms with Gasteiger partial charge in [0.1, 0.15) is 0 Å². The van der Waals surface area contributed by atoms with E-state index in [4.69, 9.17) is 15.0 Å². The SMILES string of the molecule is c1ccc(-c2ccc3c(-n4c5cc6ccccc6cc5c5ccc6ccccc6c54)cc(-c4ccccc4)c(-c4nc(-c5ccccc5)nc(-c5ccc6ccccc6c5)n4)c3c2)cc1. The van der Waals surface area contributed by atoms with E-state index >= 15 is 0 Å². The first-order valence-electron chi connectivity index (χ1n) is 22.1. The maximum absolute atomic E-state index is 5.48. The Balaban J connectivity index is 1.20. The summed E-state index contributed by atoms with van der Waals surface area (Å²) in [6.07, 6.45) is 0. The summed E-state index contributed by atoms with van der Waals surface area (Å²) in [5, 5.41) is 11.7. The van der Waals surface area contributed by atoms with E-state index in [1.807, 2.05) is 18.2 Å². The standard InChI is InChI=1S/C61H38N4/c1-4-16-39(17-5-1)47-31-32-50-54(36-47)57(61-63-59(43-22-8-3-9-23-43)62-60(64-61)48-29-28-40-18-10-11-24-44(40)34-48)52(41-19-6-2-7-20-41)38-56(50)65-55-37-46-26-13-12-25-45(46)35-53(55)51-33-30-42-21-14-15-27-49(42)58(51)65/h1-38H. The second-order valence-electron chi connectivity index (χ2n) is 16.8. The van der Waals surface area contributed by atoms with Crippen molar-refractivity contribution in [3.05, 3.63) is 231 Å². The number of aromatic nitrogens is 4. The molecule has 13 aromatic rings. The number of benzene rings is 11. The van der Waals surface area contributed by atoms with Crippen LogP contribution in [0.2, 0.25) is 0 Å². The van der Waals surface area contributed by atoms with Crippen LogP contribution in [0.25, 0.3) is 127 Å². The van der Waals surface area contributed by atoms with Crippen LogP contribution < -0.4 is 0 Å². The van der Waals surface area contributed by atoms with Gasteiger partial charge in [-0.1, -0.05) is 200 Å². The van der Waals surface area contributed by atoms with Gasteiger partial charge in [0.25, 0.3) is 0 Å². The van der Waals surface area contributed by atoms with Crippen LogP contribution in [0.1, 0.15) is 0 Å². The number of hydrogen-bond acceptors (Lipinski definition) is 3. The van der Waals surface area contributed by atoms with Crippen molar-refractivity contribution < 1.29 is 0 Å². The smallest absolute Gasteiger partial charge is 0.165 e. The third-order valence-corrected chi connectivity index (χ3v) is 13.0. The molecule has 0 unspecified atom stereocenters. The summed E-state index contributed by atoms with van der Waals surface area (Å²) >= 11 is 0. The van der Waals surface area contributed by atoms with E-state index in [1.54, 1.807) is 0 Å². The Hall–Kier alpha value is -8.73. The van der Waals surface area contributed by atoms with Gasteiger partial charge >= 0.3 is 0 Å². The van der Waals surface area contributed by atoms with Gasteiger partial charge in [-0.15, -0.1) is 0 Å². The summed E-state index contributed by atoms with van der Waals surface area (Å²) in [5.74, 6) is 1.85. The first-order chi connectivity index (χ1) is 32.2. The Labute approximate surface area is 375 Å². The first-order valence-corrected chi connectivity index (χ1v) is 22.1. The number of nitrogens with zero attached hydrogens (tertiary/aromatic N) is 4. The van der Waals surface area contributed by atoms with Crippen LogP contribution in [0.5, 0.6) is 0 Å². The quantitative estimate of drug-likeness (QED) is 0.168. The van der Waals surface area contributed by atoms with Gasteiger partial charge in [0.15, 0.2) is 17.5 Å². The largest absolute Gasteiger partial charge is 0.308 e. The maximum atomic E-state index is 5.48. The lowest BCUT2D eigenvalue weighted by Gasteiger charge is -2.20. The van der Waals surface area contributed by atoms with Crippen molar-refractivity contribution in [2.45, 2.75) is 0 Å². The molecule has 4 nitrogen and oxygen atoms in total. The summed E-state index contributed by atoms with van der Waals surface area (Å²) in [6, 6.07) is 82.6. The molecule has 0 atom stereocenters. The van der Waals surface area contributed by atoms with E-state index in [0.717, 1.165) is 66.3 Å². The highest BCUT2D eigenvalue weighted by atomic mass is 15.0. The minimum Gasteiger partial charge on any atom is -0.308 e. The van der Waals surface area contributed by atoms with Crippen molar-refractivity contribution in [2.75, 3.05) is 0 Å². The van der Waals surface area contributed by atoms with Crippen LogP contribution >= 0.6 is 0 Å². The van der Waals surface area contributed by atoms with E-state index in [-0.39, 0.29) is 0 Å². The maximum Gasteiger partial charge on any atom is 0.165 e. The second-order valence-corrected chi connectivity index (χ2v) is 16.8. The molecule has 0 aliphatic rings. The zero-order valence-electron chi connectivity index (χ0n) is 35.2. The van der Waals surface area contributed by atoms with Gasteiger partial charge < -0.3 is 4.57 Å². The van der Waals surface area contributed by atoms with Crippen molar-refractivity contribution in [2.24, 2.45) is 0 Å². The highest BCUT2D eigenvalue weighted by molar-refractivity contribution is 6.22. The molecule has 0 fully saturated rings. The van der Waals surface area contributed by atoms with Crippen LogP contribution in [-0.4, -0.2) is 19.5 Å². The number of hydrogen-bond donors (Lipinski definition) is 0. The van der Waals surface area contributed by atoms with Crippen LogP contribution in [0, 0.1) is 0 Å². The van der Waals surface area contributed by atoms with Crippen LogP contribution in [0.15, 0.2) is 231 Å². The summed E-state index contributed by atoms with van der Waals surface area (Å²) in [7, 11) is 0. The predicted molar refractivity (Wildman–Crippen MR) is 271 cm³/mol. The van der Waals surface area contributed by atoms with Crippen LogP contribution in [-0.2, 0) is 0 Å². The Morgan fingerprint density at radius 1 is 0.277 bits per heavy atom. The van der Waals surface area contributed by atoms with E-state index in [0.29, 0.717) is 17.5 Å². The molecule has 0 spiro atoms. The van der Waals surface area contributed by atoms with E-state index in [1.165, 1.54) is 43.2 Å². The van der Waals surface area contributed by atoms with Crippen molar-refractivity contribution in [1.29, 1.82) is 0 Å². The molecule has 0 saturated heterocycles. The van der Waals surface area contributed by atoms with Gasteiger partial charge in [0, 0.05) is 38.2 Å². The molecule has 13 rings (SSSR count). The van der Waals surface area contributed by atoms with Crippen molar-refractivity contribution in [3.8, 4) is 62.1 Å². The third kappa shape index (κ3) is 6.18. The van der Waals surface area contributed by atoms with Gasteiger partial charge in [-0.2, -0.15) is 0 Å². The Kier molecular flexibility index (Phi) is 8.50. The van der Waals surface area contributed by atoms with Crippen molar-refractivity contribution in [3.63, 3.8) is 0 Å². The van der Waals surface area contributed by atoms with Gasteiger partial charge in [-0.25, -0.2) is 15.0 Å². The Morgan fingerprint density at radius 2 is 0.815 bits per heavy atom. The predicted octanol–water partition coefficient (Wildman–Crippen LogP) is 15.9. The van der Waals surface area contributed by atoms with Gasteiger partial charge in [0.2, 0.25) is 0 Å². The minimum atomic E-state index is 0.612. The molecule has 0 bridgehead atoms. The van der Waals surface area contributed by atoms with Gasteiger partial charge in [-0.3, -0.25) is 0 Å². The van der Waals surface area contributed by atoms with E-state index in [2.05, 4.69) is 217 Å². The molecule has 0 amide bonds. The normalized spacial score (nSPS) is 11.7. The molecule has 11 aromatic carbocycles. The lowest BCUT2D eigenvalue weighted by Crippen LogP contribution is -2.04. The van der Waals surface area contributed by atoms with Crippen LogP contribution in [0.3, 0.4) is 0 Å². The molecule has 2 aromatic heterocycles. The average Bonchev–Trinajstić information content (AvgIpc) is 3.71. The van der Waals surface area contributed by atoms with E-state index in [9.17, 15) is 0 Å². The van der Waals surface area contributed by atoms with Gasteiger partial charge in [0.05, 0.1) is 16.7 Å². The zero-order chi connectivity index (χ0) is 42.8. The second kappa shape index (κ2) is 15.0. The molecule has 0 aliphatic heterocycles. The lowest BCUT2D eigenvalue weighted by atomic mass is 9.90. The molecule has 65 heavy (non-hydrogen) atoms. The molecule has 0 radical (unpaired) electrons. The molecule has 4 heteroatoms. The molecular formula is C61H38N4.